The molecule has 0 saturated heterocycles. The van der Waals surface area contributed by atoms with Gasteiger partial charge in [0.25, 0.3) is 0 Å². The van der Waals surface area contributed by atoms with E-state index in [1.54, 1.807) is 0 Å². The van der Waals surface area contributed by atoms with Crippen LogP contribution in [0, 0.1) is 26.6 Å². The summed E-state index contributed by atoms with van der Waals surface area (Å²) in [6.07, 6.45) is 0. The third-order valence-corrected chi connectivity index (χ3v) is 4.18. The van der Waals surface area contributed by atoms with Crippen LogP contribution in [0.15, 0.2) is 30.3 Å². The highest BCUT2D eigenvalue weighted by molar-refractivity contribution is 6.31. The van der Waals surface area contributed by atoms with Crippen LogP contribution < -0.4 is 0 Å². The Balaban J connectivity index is 2.49. The molecule has 0 bridgehead atoms. The fourth-order valence-corrected chi connectivity index (χ4v) is 2.92. The Labute approximate surface area is 123 Å². The van der Waals surface area contributed by atoms with E-state index < -0.39 is 0 Å². The molecule has 0 saturated carbocycles. The first kappa shape index (κ1) is 14.4. The number of alkyl halides is 1. The van der Waals surface area contributed by atoms with Crippen LogP contribution in [0.1, 0.15) is 33.2 Å². The van der Waals surface area contributed by atoms with Crippen molar-refractivity contribution >= 4 is 23.2 Å². The molecular formula is C16H15Cl2F. The van der Waals surface area contributed by atoms with Crippen molar-refractivity contribution < 1.29 is 4.39 Å². The van der Waals surface area contributed by atoms with Crippen molar-refractivity contribution in [3.63, 3.8) is 0 Å². The maximum absolute atomic E-state index is 13.3. The minimum atomic E-state index is -0.321. The molecule has 0 aliphatic carbocycles. The van der Waals surface area contributed by atoms with Crippen LogP contribution in [-0.4, -0.2) is 0 Å². The van der Waals surface area contributed by atoms with Crippen molar-refractivity contribution in [3.05, 3.63) is 69.0 Å². The zero-order valence-corrected chi connectivity index (χ0v) is 12.6. The van der Waals surface area contributed by atoms with Gasteiger partial charge in [-0.05, 0) is 66.8 Å². The highest BCUT2D eigenvalue weighted by atomic mass is 35.5. The Kier molecular flexibility index (Phi) is 4.17. The molecule has 2 rings (SSSR count). The lowest BCUT2D eigenvalue weighted by Gasteiger charge is -2.17. The van der Waals surface area contributed by atoms with E-state index in [9.17, 15) is 4.39 Å². The van der Waals surface area contributed by atoms with Gasteiger partial charge in [-0.2, -0.15) is 0 Å². The molecule has 0 fully saturated rings. The lowest BCUT2D eigenvalue weighted by Crippen LogP contribution is -2.01. The largest absolute Gasteiger partial charge is 0.207 e. The van der Waals surface area contributed by atoms with Gasteiger partial charge in [0.2, 0.25) is 0 Å². The minimum Gasteiger partial charge on any atom is -0.207 e. The van der Waals surface area contributed by atoms with E-state index in [2.05, 4.69) is 0 Å². The molecule has 0 nitrogen and oxygen atoms in total. The van der Waals surface area contributed by atoms with Gasteiger partial charge >= 0.3 is 0 Å². The van der Waals surface area contributed by atoms with Crippen molar-refractivity contribution in [2.24, 2.45) is 0 Å². The molecule has 0 radical (unpaired) electrons. The molecule has 0 aliphatic rings. The zero-order valence-electron chi connectivity index (χ0n) is 11.1. The van der Waals surface area contributed by atoms with Crippen molar-refractivity contribution in [2.45, 2.75) is 26.1 Å². The smallest absolute Gasteiger partial charge is 0.123 e. The fourth-order valence-electron chi connectivity index (χ4n) is 2.26. The van der Waals surface area contributed by atoms with Crippen molar-refractivity contribution in [1.29, 1.82) is 0 Å². The summed E-state index contributed by atoms with van der Waals surface area (Å²) in [4.78, 5) is 0. The van der Waals surface area contributed by atoms with Crippen LogP contribution in [0.4, 0.5) is 4.39 Å². The van der Waals surface area contributed by atoms with E-state index in [-0.39, 0.29) is 11.2 Å². The summed E-state index contributed by atoms with van der Waals surface area (Å²) in [5, 5.41) is 0.374. The average molecular weight is 297 g/mol. The molecule has 3 heteroatoms. The van der Waals surface area contributed by atoms with Gasteiger partial charge in [-0.3, -0.25) is 0 Å². The second-order valence-corrected chi connectivity index (χ2v) is 5.67. The van der Waals surface area contributed by atoms with Gasteiger partial charge in [-0.1, -0.05) is 23.7 Å². The highest BCUT2D eigenvalue weighted by Crippen LogP contribution is 2.35. The lowest BCUT2D eigenvalue weighted by molar-refractivity contribution is 0.624. The molecule has 1 atom stereocenters. The number of benzene rings is 2. The summed E-state index contributed by atoms with van der Waals surface area (Å²) in [5.41, 5.74) is 4.60. The van der Waals surface area contributed by atoms with Crippen molar-refractivity contribution in [2.75, 3.05) is 0 Å². The van der Waals surface area contributed by atoms with Gasteiger partial charge in [-0.15, -0.1) is 11.6 Å². The lowest BCUT2D eigenvalue weighted by atomic mass is 9.95. The van der Waals surface area contributed by atoms with Gasteiger partial charge in [0.15, 0.2) is 0 Å². The zero-order chi connectivity index (χ0) is 14.2. The maximum Gasteiger partial charge on any atom is 0.123 e. The normalized spacial score (nSPS) is 12.5. The van der Waals surface area contributed by atoms with Crippen LogP contribution in [0.25, 0.3) is 0 Å². The van der Waals surface area contributed by atoms with Crippen LogP contribution in [0.2, 0.25) is 5.02 Å². The number of hydrogen-bond acceptors (Lipinski definition) is 0. The second-order valence-electron chi connectivity index (χ2n) is 4.82. The van der Waals surface area contributed by atoms with Gasteiger partial charge in [0, 0.05) is 5.02 Å². The molecule has 19 heavy (non-hydrogen) atoms. The minimum absolute atomic E-state index is 0.232. The van der Waals surface area contributed by atoms with Gasteiger partial charge < -0.3 is 0 Å². The fraction of sp³-hybridized carbons (Fsp3) is 0.250. The Hall–Kier alpha value is -1.05. The van der Waals surface area contributed by atoms with E-state index in [1.165, 1.54) is 12.1 Å². The number of hydrogen-bond donors (Lipinski definition) is 0. The second kappa shape index (κ2) is 5.52. The van der Waals surface area contributed by atoms with Gasteiger partial charge in [0.1, 0.15) is 5.82 Å². The summed E-state index contributed by atoms with van der Waals surface area (Å²) in [7, 11) is 0. The summed E-state index contributed by atoms with van der Waals surface area (Å²) in [6, 6.07) is 8.79. The van der Waals surface area contributed by atoms with E-state index >= 15 is 0 Å². The summed E-state index contributed by atoms with van der Waals surface area (Å²) < 4.78 is 13.3. The Morgan fingerprint density at radius 2 is 1.53 bits per heavy atom. The van der Waals surface area contributed by atoms with Crippen LogP contribution >= 0.6 is 23.2 Å². The van der Waals surface area contributed by atoms with E-state index in [1.807, 2.05) is 39.0 Å². The molecule has 0 aromatic heterocycles. The van der Waals surface area contributed by atoms with Gasteiger partial charge in [0.05, 0.1) is 5.38 Å². The van der Waals surface area contributed by atoms with E-state index in [0.29, 0.717) is 5.02 Å². The summed E-state index contributed by atoms with van der Waals surface area (Å²) in [6.45, 7) is 5.69. The molecule has 0 N–H and O–H groups in total. The summed E-state index contributed by atoms with van der Waals surface area (Å²) in [5.74, 6) is -0.232. The third-order valence-electron chi connectivity index (χ3n) is 3.30. The molecule has 2 aromatic rings. The number of halogens is 3. The van der Waals surface area contributed by atoms with Crippen LogP contribution in [0.3, 0.4) is 0 Å². The Morgan fingerprint density at radius 1 is 0.947 bits per heavy atom. The average Bonchev–Trinajstić information content (AvgIpc) is 2.31. The topological polar surface area (TPSA) is 0 Å². The molecule has 100 valence electrons. The van der Waals surface area contributed by atoms with Crippen LogP contribution in [-0.2, 0) is 0 Å². The van der Waals surface area contributed by atoms with Crippen LogP contribution in [0.5, 0.6) is 0 Å². The SMILES string of the molecule is Cc1ccc(C(Cl)c2c(C)cc(F)cc2C)cc1Cl. The van der Waals surface area contributed by atoms with E-state index in [0.717, 1.165) is 27.8 Å². The van der Waals surface area contributed by atoms with E-state index in [4.69, 9.17) is 23.2 Å². The summed E-state index contributed by atoms with van der Waals surface area (Å²) >= 11 is 12.7. The first-order valence-electron chi connectivity index (χ1n) is 6.07. The first-order valence-corrected chi connectivity index (χ1v) is 6.88. The molecule has 2 aromatic carbocycles. The first-order chi connectivity index (χ1) is 8.90. The predicted molar refractivity (Wildman–Crippen MR) is 79.8 cm³/mol. The molecular weight excluding hydrogens is 282 g/mol. The standard InChI is InChI=1S/C16H15Cl2F/c1-9-4-5-12(8-14(9)17)16(18)15-10(2)6-13(19)7-11(15)3/h4-8,16H,1-3H3. The quantitative estimate of drug-likeness (QED) is 0.621. The molecule has 0 heterocycles. The third kappa shape index (κ3) is 2.93. The monoisotopic (exact) mass is 296 g/mol. The number of aryl methyl sites for hydroxylation is 3. The Morgan fingerprint density at radius 3 is 2.05 bits per heavy atom. The van der Waals surface area contributed by atoms with Crippen molar-refractivity contribution in [1.82, 2.24) is 0 Å². The molecule has 0 spiro atoms. The highest BCUT2D eigenvalue weighted by Gasteiger charge is 2.17. The predicted octanol–water partition coefficient (Wildman–Crippen LogP) is 5.73. The molecule has 1 unspecified atom stereocenters. The molecule has 0 aliphatic heterocycles. The molecule has 0 amide bonds. The Bertz CT molecular complexity index is 597. The number of rotatable bonds is 2. The maximum atomic E-state index is 13.3. The van der Waals surface area contributed by atoms with Gasteiger partial charge in [-0.25, -0.2) is 4.39 Å². The van der Waals surface area contributed by atoms with Crippen molar-refractivity contribution in [3.8, 4) is 0 Å².